The predicted molar refractivity (Wildman–Crippen MR) is 74.5 cm³/mol. The average Bonchev–Trinajstić information content (AvgIpc) is 2.24. The third-order valence-electron chi connectivity index (χ3n) is 2.61. The third kappa shape index (κ3) is 4.24. The van der Waals surface area contributed by atoms with Gasteiger partial charge in [-0.15, -0.1) is 0 Å². The second-order valence-electron chi connectivity index (χ2n) is 5.37. The summed E-state index contributed by atoms with van der Waals surface area (Å²) in [7, 11) is 0. The van der Waals surface area contributed by atoms with Crippen LogP contribution in [0.2, 0.25) is 0 Å². The molecule has 1 rings (SSSR count). The number of hydrogen-bond donors (Lipinski definition) is 2. The molecule has 0 fully saturated rings. The molecule has 0 aliphatic rings. The Labute approximate surface area is 109 Å². The molecule has 0 radical (unpaired) electrons. The van der Waals surface area contributed by atoms with E-state index in [1.165, 1.54) is 6.92 Å². The van der Waals surface area contributed by atoms with Crippen molar-refractivity contribution in [3.8, 4) is 5.75 Å². The van der Waals surface area contributed by atoms with E-state index in [2.05, 4.69) is 26.1 Å². The minimum atomic E-state index is -0.0917. The Bertz CT molecular complexity index is 456. The smallest absolute Gasteiger partial charge is 0.217 e. The number of phenolic OH excluding ortho intramolecular Hbond substituents is 1. The van der Waals surface area contributed by atoms with E-state index in [9.17, 15) is 9.90 Å². The molecule has 0 saturated heterocycles. The van der Waals surface area contributed by atoms with Gasteiger partial charge in [-0.1, -0.05) is 39.0 Å². The molecule has 0 saturated carbocycles. The van der Waals surface area contributed by atoms with Gasteiger partial charge in [-0.3, -0.25) is 4.79 Å². The molecular weight excluding hydrogens is 226 g/mol. The van der Waals surface area contributed by atoms with Crippen molar-refractivity contribution in [2.24, 2.45) is 0 Å². The highest BCUT2D eigenvalue weighted by atomic mass is 16.3. The molecule has 0 aliphatic carbocycles. The number of rotatable bonds is 3. The Balaban J connectivity index is 2.83. The van der Waals surface area contributed by atoms with Crippen LogP contribution in [0.15, 0.2) is 24.3 Å². The number of nitrogens with one attached hydrogen (secondary N) is 1. The monoisotopic (exact) mass is 247 g/mol. The van der Waals surface area contributed by atoms with E-state index < -0.39 is 0 Å². The number of carbonyl (C=O) groups is 1. The van der Waals surface area contributed by atoms with Crippen molar-refractivity contribution in [3.63, 3.8) is 0 Å². The lowest BCUT2D eigenvalue weighted by Crippen LogP contribution is -2.19. The summed E-state index contributed by atoms with van der Waals surface area (Å²) in [6.07, 6.45) is 3.82. The van der Waals surface area contributed by atoms with Crippen molar-refractivity contribution in [2.45, 2.75) is 33.1 Å². The minimum absolute atomic E-state index is 0.0410. The topological polar surface area (TPSA) is 49.3 Å². The number of hydrogen-bond acceptors (Lipinski definition) is 2. The van der Waals surface area contributed by atoms with E-state index in [0.29, 0.717) is 12.3 Å². The van der Waals surface area contributed by atoms with Gasteiger partial charge in [-0.2, -0.15) is 0 Å². The van der Waals surface area contributed by atoms with Crippen molar-refractivity contribution in [1.29, 1.82) is 0 Å². The quantitative estimate of drug-likeness (QED) is 0.863. The number of carbonyl (C=O) groups excluding carboxylic acids is 1. The van der Waals surface area contributed by atoms with Crippen LogP contribution in [0.25, 0.3) is 6.08 Å². The van der Waals surface area contributed by atoms with E-state index in [-0.39, 0.29) is 11.3 Å². The Morgan fingerprint density at radius 1 is 1.39 bits per heavy atom. The van der Waals surface area contributed by atoms with Crippen LogP contribution in [0.5, 0.6) is 5.75 Å². The van der Waals surface area contributed by atoms with Gasteiger partial charge >= 0.3 is 0 Å². The molecule has 1 amide bonds. The second-order valence-corrected chi connectivity index (χ2v) is 5.37. The first-order chi connectivity index (χ1) is 8.30. The van der Waals surface area contributed by atoms with Crippen LogP contribution >= 0.6 is 0 Å². The zero-order chi connectivity index (χ0) is 13.8. The van der Waals surface area contributed by atoms with Gasteiger partial charge in [0.15, 0.2) is 0 Å². The zero-order valence-corrected chi connectivity index (χ0v) is 11.4. The lowest BCUT2D eigenvalue weighted by molar-refractivity contribution is -0.118. The SMILES string of the molecule is CC(=O)NCC=Cc1ccc(O)c(C(C)(C)C)c1. The summed E-state index contributed by atoms with van der Waals surface area (Å²) in [4.78, 5) is 10.7. The molecule has 3 heteroatoms. The Kier molecular flexibility index (Phi) is 4.54. The fraction of sp³-hybridized carbons (Fsp3) is 0.400. The van der Waals surface area contributed by atoms with Gasteiger partial charge in [0.2, 0.25) is 5.91 Å². The van der Waals surface area contributed by atoms with E-state index in [1.807, 2.05) is 24.3 Å². The molecule has 98 valence electrons. The number of phenols is 1. The molecule has 0 spiro atoms. The minimum Gasteiger partial charge on any atom is -0.508 e. The summed E-state index contributed by atoms with van der Waals surface area (Å²) in [5.41, 5.74) is 1.85. The number of amides is 1. The molecule has 2 N–H and O–H groups in total. The summed E-state index contributed by atoms with van der Waals surface area (Å²) in [6, 6.07) is 5.53. The summed E-state index contributed by atoms with van der Waals surface area (Å²) >= 11 is 0. The normalized spacial score (nSPS) is 11.8. The largest absolute Gasteiger partial charge is 0.508 e. The molecule has 0 heterocycles. The molecule has 1 aromatic carbocycles. The average molecular weight is 247 g/mol. The van der Waals surface area contributed by atoms with Crippen molar-refractivity contribution in [3.05, 3.63) is 35.4 Å². The summed E-state index contributed by atoms with van der Waals surface area (Å²) in [5, 5.41) is 12.5. The predicted octanol–water partition coefficient (Wildman–Crippen LogP) is 2.84. The Morgan fingerprint density at radius 3 is 2.61 bits per heavy atom. The molecule has 0 atom stereocenters. The second kappa shape index (κ2) is 5.71. The van der Waals surface area contributed by atoms with Crippen molar-refractivity contribution in [2.75, 3.05) is 6.54 Å². The highest BCUT2D eigenvalue weighted by Gasteiger charge is 2.17. The maximum Gasteiger partial charge on any atom is 0.217 e. The summed E-state index contributed by atoms with van der Waals surface area (Å²) in [5.74, 6) is 0.280. The molecule has 0 unspecified atom stereocenters. The molecule has 0 aromatic heterocycles. The number of aromatic hydroxyl groups is 1. The van der Waals surface area contributed by atoms with Gasteiger partial charge < -0.3 is 10.4 Å². The standard InChI is InChI=1S/C15H21NO2/c1-11(17)16-9-5-6-12-7-8-14(18)13(10-12)15(2,3)4/h5-8,10,18H,9H2,1-4H3,(H,16,17). The maximum absolute atomic E-state index is 10.7. The van der Waals surface area contributed by atoms with Crippen molar-refractivity contribution >= 4 is 12.0 Å². The van der Waals surface area contributed by atoms with Gasteiger partial charge in [0.1, 0.15) is 5.75 Å². The highest BCUT2D eigenvalue weighted by molar-refractivity contribution is 5.73. The van der Waals surface area contributed by atoms with E-state index in [4.69, 9.17) is 0 Å². The van der Waals surface area contributed by atoms with Gasteiger partial charge in [-0.25, -0.2) is 0 Å². The highest BCUT2D eigenvalue weighted by Crippen LogP contribution is 2.31. The third-order valence-corrected chi connectivity index (χ3v) is 2.61. The first kappa shape index (κ1) is 14.3. The Hall–Kier alpha value is -1.77. The maximum atomic E-state index is 10.7. The van der Waals surface area contributed by atoms with Crippen LogP contribution < -0.4 is 5.32 Å². The van der Waals surface area contributed by atoms with Crippen molar-refractivity contribution < 1.29 is 9.90 Å². The van der Waals surface area contributed by atoms with Crippen LogP contribution in [0.3, 0.4) is 0 Å². The molecule has 0 bridgehead atoms. The first-order valence-corrected chi connectivity index (χ1v) is 6.05. The molecule has 18 heavy (non-hydrogen) atoms. The molecular formula is C15H21NO2. The van der Waals surface area contributed by atoms with Crippen LogP contribution in [0, 0.1) is 0 Å². The fourth-order valence-electron chi connectivity index (χ4n) is 1.66. The summed E-state index contributed by atoms with van der Waals surface area (Å²) < 4.78 is 0. The fourth-order valence-corrected chi connectivity index (χ4v) is 1.66. The molecule has 0 aliphatic heterocycles. The Morgan fingerprint density at radius 2 is 2.06 bits per heavy atom. The summed E-state index contributed by atoms with van der Waals surface area (Å²) in [6.45, 7) is 8.19. The van der Waals surface area contributed by atoms with Crippen LogP contribution in [-0.4, -0.2) is 17.6 Å². The van der Waals surface area contributed by atoms with Gasteiger partial charge in [0.05, 0.1) is 0 Å². The zero-order valence-electron chi connectivity index (χ0n) is 11.4. The van der Waals surface area contributed by atoms with Crippen LogP contribution in [0.4, 0.5) is 0 Å². The lowest BCUT2D eigenvalue weighted by Gasteiger charge is -2.20. The lowest BCUT2D eigenvalue weighted by atomic mass is 9.85. The number of benzene rings is 1. The molecule has 1 aromatic rings. The van der Waals surface area contributed by atoms with E-state index >= 15 is 0 Å². The van der Waals surface area contributed by atoms with Gasteiger partial charge in [0, 0.05) is 13.5 Å². The van der Waals surface area contributed by atoms with E-state index in [1.54, 1.807) is 6.07 Å². The van der Waals surface area contributed by atoms with E-state index in [0.717, 1.165) is 11.1 Å². The van der Waals surface area contributed by atoms with Gasteiger partial charge in [-0.05, 0) is 28.7 Å². The van der Waals surface area contributed by atoms with Crippen molar-refractivity contribution in [1.82, 2.24) is 5.32 Å². The molecule has 3 nitrogen and oxygen atoms in total. The van der Waals surface area contributed by atoms with Crippen LogP contribution in [-0.2, 0) is 10.2 Å². The first-order valence-electron chi connectivity index (χ1n) is 6.05. The van der Waals surface area contributed by atoms with Crippen LogP contribution in [0.1, 0.15) is 38.8 Å². The van der Waals surface area contributed by atoms with Gasteiger partial charge in [0.25, 0.3) is 0 Å².